The molecule has 0 heterocycles. The molecule has 2 rings (SSSR count). The van der Waals surface area contributed by atoms with Crippen molar-refractivity contribution in [2.24, 2.45) is 5.92 Å². The van der Waals surface area contributed by atoms with Gasteiger partial charge in [-0.2, -0.15) is 0 Å². The Morgan fingerprint density at radius 2 is 2.18 bits per heavy atom. The Hall–Kier alpha value is -0.970. The van der Waals surface area contributed by atoms with Gasteiger partial charge < -0.3 is 15.5 Å². The van der Waals surface area contributed by atoms with Crippen LogP contribution >= 0.6 is 0 Å². The van der Waals surface area contributed by atoms with Gasteiger partial charge in [0.05, 0.1) is 12.2 Å². The molecule has 94 valence electrons. The molecule has 0 radical (unpaired) electrons. The quantitative estimate of drug-likeness (QED) is 0.724. The molecule has 0 spiro atoms. The molecule has 1 atom stereocenters. The van der Waals surface area contributed by atoms with Crippen molar-refractivity contribution in [3.63, 3.8) is 0 Å². The zero-order valence-electron chi connectivity index (χ0n) is 9.64. The fourth-order valence-corrected chi connectivity index (χ4v) is 2.12. The summed E-state index contributed by atoms with van der Waals surface area (Å²) in [5.74, 6) is 0.174. The molecule has 1 saturated carbocycles. The lowest BCUT2D eigenvalue weighted by Crippen LogP contribution is -2.37. The number of aliphatic hydroxyl groups is 2. The fraction of sp³-hybridized carbons (Fsp3) is 0.538. The lowest BCUT2D eigenvalue weighted by atomic mass is 9.82. The van der Waals surface area contributed by atoms with Crippen LogP contribution in [0.25, 0.3) is 0 Å². The summed E-state index contributed by atoms with van der Waals surface area (Å²) in [6.07, 6.45) is 0.845. The van der Waals surface area contributed by atoms with Crippen LogP contribution in [-0.4, -0.2) is 29.4 Å². The van der Waals surface area contributed by atoms with Gasteiger partial charge in [-0.15, -0.1) is 0 Å². The van der Waals surface area contributed by atoms with Crippen LogP contribution < -0.4 is 5.32 Å². The fourth-order valence-electron chi connectivity index (χ4n) is 2.12. The van der Waals surface area contributed by atoms with Crippen LogP contribution in [0.1, 0.15) is 24.5 Å². The maximum atomic E-state index is 12.9. The summed E-state index contributed by atoms with van der Waals surface area (Å²) in [5.41, 5.74) is 0.589. The van der Waals surface area contributed by atoms with Gasteiger partial charge in [-0.25, -0.2) is 4.39 Å². The molecule has 0 aliphatic heterocycles. The molecule has 1 aromatic carbocycles. The predicted molar refractivity (Wildman–Crippen MR) is 63.0 cm³/mol. The van der Waals surface area contributed by atoms with Gasteiger partial charge in [0, 0.05) is 6.54 Å². The highest BCUT2D eigenvalue weighted by Crippen LogP contribution is 2.26. The second-order valence-electron chi connectivity index (χ2n) is 4.72. The maximum absolute atomic E-state index is 12.9. The first kappa shape index (κ1) is 12.5. The van der Waals surface area contributed by atoms with E-state index in [1.54, 1.807) is 12.1 Å². The molecule has 1 unspecified atom stereocenters. The number of hydrogen-bond donors (Lipinski definition) is 3. The second-order valence-corrected chi connectivity index (χ2v) is 4.72. The van der Waals surface area contributed by atoms with Crippen molar-refractivity contribution in [2.75, 3.05) is 13.1 Å². The second kappa shape index (κ2) is 5.58. The standard InChI is InChI=1S/C13H18FNO2/c14-11-3-1-2-10(6-11)13(17)8-15-7-9-4-12(16)5-9/h1-3,6,9,12-13,15-17H,4-5,7-8H2. The SMILES string of the molecule is OC1CC(CNCC(O)c2cccc(F)c2)C1. The van der Waals surface area contributed by atoms with Crippen molar-refractivity contribution in [2.45, 2.75) is 25.0 Å². The van der Waals surface area contributed by atoms with Crippen molar-refractivity contribution >= 4 is 0 Å². The number of nitrogens with one attached hydrogen (secondary N) is 1. The third kappa shape index (κ3) is 3.49. The molecule has 1 aliphatic carbocycles. The summed E-state index contributed by atoms with van der Waals surface area (Å²) in [6, 6.07) is 6.01. The molecule has 0 bridgehead atoms. The van der Waals surface area contributed by atoms with Crippen molar-refractivity contribution in [3.05, 3.63) is 35.6 Å². The molecule has 4 heteroatoms. The van der Waals surface area contributed by atoms with E-state index in [0.717, 1.165) is 19.4 Å². The van der Waals surface area contributed by atoms with Gasteiger partial charge in [-0.1, -0.05) is 12.1 Å². The Morgan fingerprint density at radius 1 is 1.41 bits per heavy atom. The first-order chi connectivity index (χ1) is 8.15. The third-order valence-corrected chi connectivity index (χ3v) is 3.21. The number of rotatable bonds is 5. The average Bonchev–Trinajstić information content (AvgIpc) is 2.26. The minimum atomic E-state index is -0.685. The van der Waals surface area contributed by atoms with E-state index < -0.39 is 6.10 Å². The highest BCUT2D eigenvalue weighted by Gasteiger charge is 2.26. The summed E-state index contributed by atoms with van der Waals surface area (Å²) in [6.45, 7) is 1.21. The molecule has 1 aromatic rings. The molecule has 1 aliphatic rings. The van der Waals surface area contributed by atoms with E-state index in [2.05, 4.69) is 5.32 Å². The highest BCUT2D eigenvalue weighted by atomic mass is 19.1. The van der Waals surface area contributed by atoms with Crippen LogP contribution in [0, 0.1) is 11.7 Å². The van der Waals surface area contributed by atoms with E-state index >= 15 is 0 Å². The van der Waals surface area contributed by atoms with E-state index in [-0.39, 0.29) is 11.9 Å². The molecule has 0 saturated heterocycles. The largest absolute Gasteiger partial charge is 0.393 e. The van der Waals surface area contributed by atoms with Crippen molar-refractivity contribution in [1.82, 2.24) is 5.32 Å². The van der Waals surface area contributed by atoms with E-state index in [9.17, 15) is 9.50 Å². The molecule has 17 heavy (non-hydrogen) atoms. The highest BCUT2D eigenvalue weighted by molar-refractivity contribution is 5.18. The Kier molecular flexibility index (Phi) is 4.10. The first-order valence-electron chi connectivity index (χ1n) is 5.97. The van der Waals surface area contributed by atoms with Crippen LogP contribution in [0.15, 0.2) is 24.3 Å². The number of hydrogen-bond acceptors (Lipinski definition) is 3. The Labute approximate surface area is 100 Å². The summed E-state index contributed by atoms with van der Waals surface area (Å²) in [7, 11) is 0. The minimum Gasteiger partial charge on any atom is -0.393 e. The van der Waals surface area contributed by atoms with Gasteiger partial charge in [0.1, 0.15) is 5.82 Å². The molecule has 3 nitrogen and oxygen atoms in total. The van der Waals surface area contributed by atoms with E-state index in [1.165, 1.54) is 12.1 Å². The van der Waals surface area contributed by atoms with Gasteiger partial charge in [-0.05, 0) is 43.0 Å². The maximum Gasteiger partial charge on any atom is 0.123 e. The van der Waals surface area contributed by atoms with Gasteiger partial charge in [0.2, 0.25) is 0 Å². The predicted octanol–water partition coefficient (Wildman–Crippen LogP) is 1.22. The summed E-state index contributed by atoms with van der Waals surface area (Å²) in [4.78, 5) is 0. The van der Waals surface area contributed by atoms with Crippen LogP contribution in [0.3, 0.4) is 0 Å². The van der Waals surface area contributed by atoms with Crippen LogP contribution in [-0.2, 0) is 0 Å². The number of benzene rings is 1. The Bertz CT molecular complexity index is 366. The van der Waals surface area contributed by atoms with E-state index in [1.807, 2.05) is 0 Å². The number of halogens is 1. The first-order valence-corrected chi connectivity index (χ1v) is 5.97. The third-order valence-electron chi connectivity index (χ3n) is 3.21. The van der Waals surface area contributed by atoms with Crippen molar-refractivity contribution in [1.29, 1.82) is 0 Å². The summed E-state index contributed by atoms with van der Waals surface area (Å²) in [5, 5.41) is 22.1. The van der Waals surface area contributed by atoms with Gasteiger partial charge in [-0.3, -0.25) is 0 Å². The van der Waals surface area contributed by atoms with Crippen LogP contribution in [0.2, 0.25) is 0 Å². The molecule has 1 fully saturated rings. The van der Waals surface area contributed by atoms with Gasteiger partial charge in [0.25, 0.3) is 0 Å². The van der Waals surface area contributed by atoms with Crippen LogP contribution in [0.5, 0.6) is 0 Å². The monoisotopic (exact) mass is 239 g/mol. The molecular formula is C13H18FNO2. The molecule has 0 amide bonds. The average molecular weight is 239 g/mol. The molecule has 0 aromatic heterocycles. The van der Waals surface area contributed by atoms with Crippen LogP contribution in [0.4, 0.5) is 4.39 Å². The lowest BCUT2D eigenvalue weighted by molar-refractivity contribution is 0.0415. The molecular weight excluding hydrogens is 221 g/mol. The van der Waals surface area contributed by atoms with Gasteiger partial charge in [0.15, 0.2) is 0 Å². The normalized spacial score (nSPS) is 25.4. The van der Waals surface area contributed by atoms with Crippen molar-refractivity contribution in [3.8, 4) is 0 Å². The minimum absolute atomic E-state index is 0.144. The van der Waals surface area contributed by atoms with E-state index in [4.69, 9.17) is 5.11 Å². The van der Waals surface area contributed by atoms with E-state index in [0.29, 0.717) is 18.0 Å². The summed E-state index contributed by atoms with van der Waals surface area (Å²) >= 11 is 0. The zero-order chi connectivity index (χ0) is 12.3. The topological polar surface area (TPSA) is 52.5 Å². The number of aliphatic hydroxyl groups excluding tert-OH is 2. The Balaban J connectivity index is 1.72. The Morgan fingerprint density at radius 3 is 2.82 bits per heavy atom. The van der Waals surface area contributed by atoms with Gasteiger partial charge >= 0.3 is 0 Å². The smallest absolute Gasteiger partial charge is 0.123 e. The zero-order valence-corrected chi connectivity index (χ0v) is 9.64. The summed E-state index contributed by atoms with van der Waals surface area (Å²) < 4.78 is 12.9. The lowest BCUT2D eigenvalue weighted by Gasteiger charge is -2.31. The molecule has 3 N–H and O–H groups in total. The van der Waals surface area contributed by atoms with Crippen molar-refractivity contribution < 1.29 is 14.6 Å².